The van der Waals surface area contributed by atoms with Crippen LogP contribution >= 0.6 is 0 Å². The summed E-state index contributed by atoms with van der Waals surface area (Å²) < 4.78 is 0. The molecule has 0 aromatic carbocycles. The van der Waals surface area contributed by atoms with Crippen molar-refractivity contribution in [2.45, 2.75) is 0 Å². The van der Waals surface area contributed by atoms with Crippen molar-refractivity contribution in [3.05, 3.63) is 66.2 Å². The van der Waals surface area contributed by atoms with Crippen LogP contribution in [0.3, 0.4) is 0 Å². The molecular weight excluding hydrogens is 308 g/mol. The number of H-pyrrole nitrogens is 2. The van der Waals surface area contributed by atoms with Crippen LogP contribution < -0.4 is 44.8 Å². The first-order chi connectivity index (χ1) is 7.58. The Morgan fingerprint density at radius 3 is 1.21 bits per heavy atom. The number of aromatic amines is 2. The quantitative estimate of drug-likeness (QED) is 0.388. The van der Waals surface area contributed by atoms with Crippen LogP contribution in [-0.2, 0) is 17.1 Å². The van der Waals surface area contributed by atoms with Gasteiger partial charge in [0.25, 0.3) is 0 Å². The van der Waals surface area contributed by atoms with E-state index in [0.29, 0.717) is 0 Å². The predicted octanol–water partition coefficient (Wildman–Crippen LogP) is -2.29. The zero-order chi connectivity index (χ0) is 12.0. The average molecular weight is 320 g/mol. The fourth-order valence-corrected chi connectivity index (χ4v) is 0.704. The summed E-state index contributed by atoms with van der Waals surface area (Å²) in [7, 11) is 0. The van der Waals surface area contributed by atoms with Crippen LogP contribution in [0, 0.1) is 0 Å². The standard InChI is InChI=1S/2C4H4N2O2.Cu.2H3N/c2*7-3-1-2-5-4(8)6-3;;;/h2*1-2H,(H2,5,6,7,8);;2*1H3/p-2. The Morgan fingerprint density at radius 2 is 1.05 bits per heavy atom. The van der Waals surface area contributed by atoms with Gasteiger partial charge in [0.05, 0.1) is 0 Å². The molecule has 0 unspecified atom stereocenters. The summed E-state index contributed by atoms with van der Waals surface area (Å²) in [6.45, 7) is 0. The van der Waals surface area contributed by atoms with Crippen molar-refractivity contribution < 1.29 is 17.1 Å². The minimum atomic E-state index is -0.600. The van der Waals surface area contributed by atoms with Crippen molar-refractivity contribution in [2.75, 3.05) is 0 Å². The Hall–Kier alpha value is -2.20. The summed E-state index contributed by atoms with van der Waals surface area (Å²) in [6.07, 6.45) is 2.34. The van der Waals surface area contributed by atoms with Gasteiger partial charge in [-0.25, -0.2) is 0 Å². The van der Waals surface area contributed by atoms with Crippen LogP contribution in [0.25, 0.3) is 0 Å². The van der Waals surface area contributed by atoms with E-state index >= 15 is 0 Å². The fraction of sp³-hybridized carbons (Fsp3) is 0. The third-order valence-corrected chi connectivity index (χ3v) is 1.30. The molecule has 8 N–H and O–H groups in total. The van der Waals surface area contributed by atoms with E-state index in [1.165, 1.54) is 24.5 Å². The van der Waals surface area contributed by atoms with Crippen LogP contribution in [0.2, 0.25) is 0 Å². The number of aromatic nitrogens is 4. The van der Waals surface area contributed by atoms with E-state index in [1.54, 1.807) is 0 Å². The Bertz CT molecular complexity index is 561. The van der Waals surface area contributed by atoms with E-state index in [1.807, 2.05) is 9.97 Å². The molecule has 0 atom stereocenters. The molecule has 11 heteroatoms. The summed E-state index contributed by atoms with van der Waals surface area (Å²) in [5.41, 5.74) is -2.02. The van der Waals surface area contributed by atoms with Crippen LogP contribution in [0.5, 0.6) is 0 Å². The minimum absolute atomic E-state index is 0. The molecule has 0 saturated carbocycles. The number of nitrogens with zero attached hydrogens (tertiary/aromatic N) is 2. The first-order valence-electron chi connectivity index (χ1n) is 4.02. The smallest absolute Gasteiger partial charge is 0.170 e. The zero-order valence-corrected chi connectivity index (χ0v) is 10.5. The number of nitrogens with one attached hydrogen (secondary N) is 2. The van der Waals surface area contributed by atoms with Gasteiger partial charge in [-0.05, 0) is 12.1 Å². The van der Waals surface area contributed by atoms with Crippen molar-refractivity contribution in [3.8, 4) is 0 Å². The molecule has 19 heavy (non-hydrogen) atoms. The van der Waals surface area contributed by atoms with E-state index in [2.05, 4.69) is 9.97 Å². The Morgan fingerprint density at radius 1 is 0.737 bits per heavy atom. The van der Waals surface area contributed by atoms with Gasteiger partial charge < -0.3 is 32.2 Å². The third kappa shape index (κ3) is 9.50. The molecular formula is C8H12CuN6O4-2. The normalized spacial score (nSPS) is 7.58. The van der Waals surface area contributed by atoms with E-state index in [0.717, 1.165) is 0 Å². The van der Waals surface area contributed by atoms with Gasteiger partial charge in [0.15, 0.2) is 22.5 Å². The van der Waals surface area contributed by atoms with Gasteiger partial charge in [0.2, 0.25) is 0 Å². The molecule has 0 amide bonds. The molecule has 0 aliphatic carbocycles. The van der Waals surface area contributed by atoms with Crippen molar-refractivity contribution >= 4 is 0 Å². The molecule has 0 aliphatic heterocycles. The number of hydrogen-bond donors (Lipinski definition) is 4. The van der Waals surface area contributed by atoms with E-state index in [-0.39, 0.29) is 29.4 Å². The predicted molar refractivity (Wildman–Crippen MR) is 63.3 cm³/mol. The number of hydrogen-bond acceptors (Lipinski definition) is 6. The van der Waals surface area contributed by atoms with E-state index < -0.39 is 22.5 Å². The van der Waals surface area contributed by atoms with Crippen LogP contribution in [0.4, 0.5) is 0 Å². The molecule has 2 aromatic heterocycles. The summed E-state index contributed by atoms with van der Waals surface area (Å²) in [5, 5.41) is 0. The van der Waals surface area contributed by atoms with Gasteiger partial charge in [-0.2, -0.15) is 0 Å². The van der Waals surface area contributed by atoms with Gasteiger partial charge in [0, 0.05) is 17.1 Å². The first-order valence-corrected chi connectivity index (χ1v) is 4.02. The summed E-state index contributed by atoms with van der Waals surface area (Å²) in [6, 6.07) is 2.36. The zero-order valence-electron chi connectivity index (χ0n) is 9.55. The molecule has 111 valence electrons. The third-order valence-electron chi connectivity index (χ3n) is 1.30. The molecule has 1 radical (unpaired) electrons. The maximum Gasteiger partial charge on any atom is 0.170 e. The topological polar surface area (TPSA) is 198 Å². The molecule has 10 nitrogen and oxygen atoms in total. The van der Waals surface area contributed by atoms with Crippen LogP contribution in [-0.4, -0.2) is 9.97 Å². The Balaban J connectivity index is -0.000000233. The molecule has 2 aromatic rings. The van der Waals surface area contributed by atoms with Crippen molar-refractivity contribution in [2.24, 2.45) is 0 Å². The van der Waals surface area contributed by atoms with Gasteiger partial charge in [0.1, 0.15) is 0 Å². The van der Waals surface area contributed by atoms with Gasteiger partial charge in [-0.15, -0.1) is 0 Å². The van der Waals surface area contributed by atoms with Gasteiger partial charge >= 0.3 is 0 Å². The van der Waals surface area contributed by atoms with Crippen LogP contribution in [0.15, 0.2) is 43.7 Å². The van der Waals surface area contributed by atoms with Gasteiger partial charge in [-0.3, -0.25) is 19.2 Å². The second kappa shape index (κ2) is 10.9. The second-order valence-corrected chi connectivity index (χ2v) is 2.48. The largest absolute Gasteiger partial charge is 0.407 e. The molecule has 0 fully saturated rings. The number of rotatable bonds is 0. The molecule has 0 saturated heterocycles. The van der Waals surface area contributed by atoms with Crippen molar-refractivity contribution in [1.29, 1.82) is 0 Å². The molecule has 2 rings (SSSR count). The van der Waals surface area contributed by atoms with Crippen molar-refractivity contribution in [3.63, 3.8) is 0 Å². The Labute approximate surface area is 116 Å². The molecule has 0 aliphatic rings. The Kier molecular flexibility index (Phi) is 12.7. The molecule has 2 heterocycles. The maximum atomic E-state index is 10.2. The summed E-state index contributed by atoms with van der Waals surface area (Å²) in [4.78, 5) is 51.0. The monoisotopic (exact) mass is 319 g/mol. The summed E-state index contributed by atoms with van der Waals surface area (Å²) >= 11 is 0. The maximum absolute atomic E-state index is 10.2. The first kappa shape index (κ1) is 22.0. The average Bonchev–Trinajstić information content (AvgIpc) is 2.17. The minimum Gasteiger partial charge on any atom is -0.407 e. The van der Waals surface area contributed by atoms with E-state index in [9.17, 15) is 19.2 Å². The second-order valence-electron chi connectivity index (χ2n) is 2.48. The SMILES string of the molecule is N.N.O=c1cc[n-]c(=O)[nH]1.O=c1cc[n-]c(=O)[nH]1.[Cu]. The molecule has 0 spiro atoms. The van der Waals surface area contributed by atoms with Crippen molar-refractivity contribution in [1.82, 2.24) is 32.2 Å². The van der Waals surface area contributed by atoms with E-state index in [4.69, 9.17) is 0 Å². The molecule has 0 bridgehead atoms. The summed E-state index contributed by atoms with van der Waals surface area (Å²) in [5.74, 6) is 0. The van der Waals surface area contributed by atoms with Crippen LogP contribution in [0.1, 0.15) is 0 Å². The van der Waals surface area contributed by atoms with Gasteiger partial charge in [-0.1, -0.05) is 12.4 Å². The fourth-order valence-electron chi connectivity index (χ4n) is 0.704.